The van der Waals surface area contributed by atoms with Crippen molar-refractivity contribution < 1.29 is 9.72 Å². The Morgan fingerprint density at radius 2 is 1.92 bits per heavy atom. The van der Waals surface area contributed by atoms with Crippen LogP contribution in [0.15, 0.2) is 42.0 Å². The number of hydrogen-bond donors (Lipinski definition) is 2. The highest BCUT2D eigenvalue weighted by Gasteiger charge is 2.16. The number of nitro benzene ring substituents is 1. The van der Waals surface area contributed by atoms with Crippen LogP contribution in [0.1, 0.15) is 5.56 Å². The van der Waals surface area contributed by atoms with E-state index in [0.29, 0.717) is 11.3 Å². The number of nitrogens with one attached hydrogen (secondary N) is 2. The first kappa shape index (κ1) is 19.2. The molecule has 0 saturated carbocycles. The van der Waals surface area contributed by atoms with Gasteiger partial charge in [-0.15, -0.1) is 0 Å². The molecule has 2 aromatic carbocycles. The predicted octanol–water partition coefficient (Wildman–Crippen LogP) is 4.49. The maximum absolute atomic E-state index is 12.3. The van der Waals surface area contributed by atoms with Crippen molar-refractivity contribution in [1.29, 1.82) is 5.26 Å². The van der Waals surface area contributed by atoms with E-state index in [1.165, 1.54) is 18.2 Å². The lowest BCUT2D eigenvalue weighted by Gasteiger charge is -2.08. The Morgan fingerprint density at radius 3 is 2.46 bits per heavy atom. The molecular formula is C17H12Cl2N4O3. The molecular weight excluding hydrogens is 379 g/mol. The Labute approximate surface area is 159 Å². The van der Waals surface area contributed by atoms with Gasteiger partial charge in [-0.1, -0.05) is 35.3 Å². The number of nitriles is 1. The molecule has 0 aromatic heterocycles. The molecule has 132 valence electrons. The zero-order valence-electron chi connectivity index (χ0n) is 13.4. The molecule has 2 N–H and O–H groups in total. The largest absolute Gasteiger partial charge is 0.383 e. The minimum absolute atomic E-state index is 0.173. The van der Waals surface area contributed by atoms with Crippen LogP contribution in [0.4, 0.5) is 17.1 Å². The molecule has 0 bridgehead atoms. The number of anilines is 2. The van der Waals surface area contributed by atoms with E-state index in [2.05, 4.69) is 10.6 Å². The van der Waals surface area contributed by atoms with Crippen LogP contribution in [0.2, 0.25) is 10.0 Å². The molecule has 0 saturated heterocycles. The van der Waals surface area contributed by atoms with Gasteiger partial charge in [-0.25, -0.2) is 0 Å². The van der Waals surface area contributed by atoms with E-state index in [0.717, 1.165) is 0 Å². The van der Waals surface area contributed by atoms with Crippen LogP contribution < -0.4 is 10.6 Å². The molecule has 0 spiro atoms. The molecule has 0 heterocycles. The Hall–Kier alpha value is -3.08. The van der Waals surface area contributed by atoms with Gasteiger partial charge in [-0.3, -0.25) is 14.9 Å². The van der Waals surface area contributed by atoms with Crippen molar-refractivity contribution in [2.24, 2.45) is 0 Å². The van der Waals surface area contributed by atoms with Gasteiger partial charge in [-0.05, 0) is 29.8 Å². The summed E-state index contributed by atoms with van der Waals surface area (Å²) in [5.74, 6) is -0.733. The van der Waals surface area contributed by atoms with Crippen molar-refractivity contribution in [1.82, 2.24) is 0 Å². The van der Waals surface area contributed by atoms with Gasteiger partial charge in [-0.2, -0.15) is 5.26 Å². The lowest BCUT2D eigenvalue weighted by Crippen LogP contribution is -2.14. The highest BCUT2D eigenvalue weighted by molar-refractivity contribution is 6.40. The number of para-hydroxylation sites is 1. The smallest absolute Gasteiger partial charge is 0.292 e. The lowest BCUT2D eigenvalue weighted by atomic mass is 10.1. The fourth-order valence-corrected chi connectivity index (χ4v) is 2.61. The highest BCUT2D eigenvalue weighted by Crippen LogP contribution is 2.30. The Balaban J connectivity index is 2.36. The minimum atomic E-state index is -0.733. The molecule has 26 heavy (non-hydrogen) atoms. The maximum atomic E-state index is 12.3. The Bertz CT molecular complexity index is 931. The number of benzene rings is 2. The molecule has 9 heteroatoms. The normalized spacial score (nSPS) is 10.8. The summed E-state index contributed by atoms with van der Waals surface area (Å²) in [6.07, 6.45) is 1.24. The van der Waals surface area contributed by atoms with Gasteiger partial charge in [0.2, 0.25) is 0 Å². The summed E-state index contributed by atoms with van der Waals surface area (Å²) in [5, 5.41) is 26.0. The molecule has 0 unspecified atom stereocenters. The van der Waals surface area contributed by atoms with Crippen molar-refractivity contribution in [3.8, 4) is 6.07 Å². The van der Waals surface area contributed by atoms with Gasteiger partial charge < -0.3 is 10.6 Å². The van der Waals surface area contributed by atoms with Crippen LogP contribution in [-0.2, 0) is 4.79 Å². The Kier molecular flexibility index (Phi) is 6.17. The fraction of sp³-hybridized carbons (Fsp3) is 0.0588. The van der Waals surface area contributed by atoms with Gasteiger partial charge in [0.25, 0.3) is 11.6 Å². The monoisotopic (exact) mass is 390 g/mol. The second kappa shape index (κ2) is 8.34. The van der Waals surface area contributed by atoms with Crippen molar-refractivity contribution in [2.75, 3.05) is 17.7 Å². The van der Waals surface area contributed by atoms with E-state index in [1.54, 1.807) is 37.4 Å². The van der Waals surface area contributed by atoms with Gasteiger partial charge in [0.05, 0.1) is 20.7 Å². The summed E-state index contributed by atoms with van der Waals surface area (Å²) >= 11 is 12.0. The minimum Gasteiger partial charge on any atom is -0.383 e. The molecule has 0 aliphatic carbocycles. The number of nitro groups is 1. The third kappa shape index (κ3) is 4.30. The number of nitrogens with zero attached hydrogens (tertiary/aromatic N) is 2. The van der Waals surface area contributed by atoms with E-state index >= 15 is 0 Å². The Morgan fingerprint density at radius 1 is 1.27 bits per heavy atom. The van der Waals surface area contributed by atoms with Crippen molar-refractivity contribution >= 4 is 52.2 Å². The zero-order chi connectivity index (χ0) is 19.3. The van der Waals surface area contributed by atoms with Gasteiger partial charge in [0.1, 0.15) is 17.3 Å². The highest BCUT2D eigenvalue weighted by atomic mass is 35.5. The SMILES string of the molecule is CNc1ccc(/C=C(\C#N)C(=O)Nc2c(Cl)cccc2Cl)cc1[N+](=O)[O-]. The van der Waals surface area contributed by atoms with Crippen molar-refractivity contribution in [3.63, 3.8) is 0 Å². The summed E-state index contributed by atoms with van der Waals surface area (Å²) in [6.45, 7) is 0. The second-order valence-electron chi connectivity index (χ2n) is 5.00. The van der Waals surface area contributed by atoms with Crippen LogP contribution >= 0.6 is 23.2 Å². The molecule has 0 atom stereocenters. The van der Waals surface area contributed by atoms with Gasteiger partial charge in [0, 0.05) is 13.1 Å². The van der Waals surface area contributed by atoms with Crippen LogP contribution in [0.5, 0.6) is 0 Å². The summed E-state index contributed by atoms with van der Waals surface area (Å²) in [4.78, 5) is 22.9. The first-order valence-electron chi connectivity index (χ1n) is 7.20. The van der Waals surface area contributed by atoms with Gasteiger partial charge in [0.15, 0.2) is 0 Å². The number of amides is 1. The molecule has 0 radical (unpaired) electrons. The molecule has 0 fully saturated rings. The third-order valence-corrected chi connectivity index (χ3v) is 4.00. The van der Waals surface area contributed by atoms with Crippen LogP contribution in [-0.4, -0.2) is 17.9 Å². The average molecular weight is 391 g/mol. The topological polar surface area (TPSA) is 108 Å². The first-order chi connectivity index (χ1) is 12.4. The van der Waals surface area contributed by atoms with Crippen LogP contribution in [0.25, 0.3) is 6.08 Å². The van der Waals surface area contributed by atoms with E-state index < -0.39 is 10.8 Å². The predicted molar refractivity (Wildman–Crippen MR) is 101 cm³/mol. The van der Waals surface area contributed by atoms with Gasteiger partial charge >= 0.3 is 0 Å². The van der Waals surface area contributed by atoms with Crippen LogP contribution in [0.3, 0.4) is 0 Å². The molecule has 1 amide bonds. The van der Waals surface area contributed by atoms with Crippen molar-refractivity contribution in [3.05, 3.63) is 67.7 Å². The molecule has 0 aliphatic heterocycles. The zero-order valence-corrected chi connectivity index (χ0v) is 14.9. The molecule has 2 rings (SSSR count). The van der Waals surface area contributed by atoms with Crippen LogP contribution in [0, 0.1) is 21.4 Å². The summed E-state index contributed by atoms with van der Waals surface area (Å²) < 4.78 is 0. The fourth-order valence-electron chi connectivity index (χ4n) is 2.11. The van der Waals surface area contributed by atoms with E-state index in [1.807, 2.05) is 0 Å². The second-order valence-corrected chi connectivity index (χ2v) is 5.82. The first-order valence-corrected chi connectivity index (χ1v) is 7.96. The standard InChI is InChI=1S/C17H12Cl2N4O3/c1-21-14-6-5-10(8-15(14)23(25)26)7-11(9-20)17(24)22-16-12(18)3-2-4-13(16)19/h2-8,21H,1H3,(H,22,24)/b11-7+. The number of halogens is 2. The average Bonchev–Trinajstić information content (AvgIpc) is 2.62. The summed E-state index contributed by atoms with van der Waals surface area (Å²) in [7, 11) is 1.55. The number of carbonyl (C=O) groups is 1. The molecule has 0 aliphatic rings. The third-order valence-electron chi connectivity index (χ3n) is 3.37. The van der Waals surface area contributed by atoms with E-state index in [4.69, 9.17) is 23.2 Å². The summed E-state index contributed by atoms with van der Waals surface area (Å²) in [6, 6.07) is 10.8. The van der Waals surface area contributed by atoms with E-state index in [-0.39, 0.29) is 27.0 Å². The summed E-state index contributed by atoms with van der Waals surface area (Å²) in [5.41, 5.74) is 0.393. The number of hydrogen-bond acceptors (Lipinski definition) is 5. The maximum Gasteiger partial charge on any atom is 0.292 e. The number of rotatable bonds is 5. The van der Waals surface area contributed by atoms with Crippen molar-refractivity contribution in [2.45, 2.75) is 0 Å². The lowest BCUT2D eigenvalue weighted by molar-refractivity contribution is -0.384. The quantitative estimate of drug-likeness (QED) is 0.338. The molecule has 7 nitrogen and oxygen atoms in total. The molecule has 2 aromatic rings. The van der Waals surface area contributed by atoms with E-state index in [9.17, 15) is 20.2 Å². The number of carbonyl (C=O) groups excluding carboxylic acids is 1.